The van der Waals surface area contributed by atoms with Crippen molar-refractivity contribution in [2.75, 3.05) is 18.1 Å². The number of anilines is 1. The van der Waals surface area contributed by atoms with Crippen molar-refractivity contribution in [2.24, 2.45) is 11.0 Å². The van der Waals surface area contributed by atoms with E-state index in [2.05, 4.69) is 9.82 Å². The Hall–Kier alpha value is -2.87. The van der Waals surface area contributed by atoms with Gasteiger partial charge in [0.05, 0.1) is 30.8 Å². The summed E-state index contributed by atoms with van der Waals surface area (Å²) >= 11 is 0. The molecule has 7 nitrogen and oxygen atoms in total. The van der Waals surface area contributed by atoms with E-state index in [1.165, 1.54) is 5.01 Å². The molecule has 1 atom stereocenters. The second-order valence-electron chi connectivity index (χ2n) is 7.30. The van der Waals surface area contributed by atoms with Crippen LogP contribution < -0.4 is 9.46 Å². The Kier molecular flexibility index (Phi) is 5.93. The van der Waals surface area contributed by atoms with E-state index < -0.39 is 10.0 Å². The van der Waals surface area contributed by atoms with Crippen LogP contribution >= 0.6 is 0 Å². The molecule has 0 radical (unpaired) electrons. The molecule has 0 spiro atoms. The Bertz CT molecular complexity index is 1050. The number of rotatable bonds is 6. The lowest BCUT2D eigenvalue weighted by atomic mass is 9.97. The van der Waals surface area contributed by atoms with Crippen molar-refractivity contribution in [2.45, 2.75) is 26.3 Å². The van der Waals surface area contributed by atoms with Gasteiger partial charge in [0.15, 0.2) is 0 Å². The fourth-order valence-corrected chi connectivity index (χ4v) is 3.85. The Labute approximate surface area is 171 Å². The van der Waals surface area contributed by atoms with Gasteiger partial charge in [-0.1, -0.05) is 44.2 Å². The summed E-state index contributed by atoms with van der Waals surface area (Å²) in [6, 6.07) is 14.3. The Balaban J connectivity index is 2.03. The highest BCUT2D eigenvalue weighted by Crippen LogP contribution is 2.36. The van der Waals surface area contributed by atoms with E-state index in [1.807, 2.05) is 44.2 Å². The van der Waals surface area contributed by atoms with Crippen molar-refractivity contribution < 1.29 is 17.9 Å². The van der Waals surface area contributed by atoms with E-state index in [1.54, 1.807) is 25.3 Å². The van der Waals surface area contributed by atoms with E-state index in [-0.39, 0.29) is 17.9 Å². The van der Waals surface area contributed by atoms with E-state index in [0.717, 1.165) is 11.8 Å². The molecule has 0 saturated carbocycles. The second kappa shape index (κ2) is 8.24. The maximum absolute atomic E-state index is 12.8. The van der Waals surface area contributed by atoms with Crippen LogP contribution in [0.2, 0.25) is 0 Å². The summed E-state index contributed by atoms with van der Waals surface area (Å²) in [5.74, 6) is 0.379. The third-order valence-electron chi connectivity index (χ3n) is 4.64. The minimum Gasteiger partial charge on any atom is -0.497 e. The van der Waals surface area contributed by atoms with Crippen LogP contribution in [-0.4, -0.2) is 38.4 Å². The average molecular weight is 416 g/mol. The van der Waals surface area contributed by atoms with E-state index in [0.29, 0.717) is 29.1 Å². The van der Waals surface area contributed by atoms with Crippen LogP contribution in [0.5, 0.6) is 5.75 Å². The highest BCUT2D eigenvalue weighted by Gasteiger charge is 2.35. The van der Waals surface area contributed by atoms with E-state index in [9.17, 15) is 13.2 Å². The normalized spacial score (nSPS) is 16.7. The second-order valence-corrected chi connectivity index (χ2v) is 9.05. The Morgan fingerprint density at radius 1 is 1.21 bits per heavy atom. The van der Waals surface area contributed by atoms with Gasteiger partial charge < -0.3 is 4.74 Å². The van der Waals surface area contributed by atoms with Crippen molar-refractivity contribution >= 4 is 27.3 Å². The van der Waals surface area contributed by atoms with Gasteiger partial charge in [0, 0.05) is 17.9 Å². The van der Waals surface area contributed by atoms with E-state index in [4.69, 9.17) is 4.74 Å². The predicted octanol–water partition coefficient (Wildman–Crippen LogP) is 3.40. The van der Waals surface area contributed by atoms with Crippen LogP contribution in [0.15, 0.2) is 53.6 Å². The molecule has 3 rings (SSSR count). The van der Waals surface area contributed by atoms with Crippen molar-refractivity contribution in [3.63, 3.8) is 0 Å². The number of amides is 1. The van der Waals surface area contributed by atoms with Gasteiger partial charge in [-0.25, -0.2) is 13.4 Å². The van der Waals surface area contributed by atoms with Crippen molar-refractivity contribution in [3.8, 4) is 5.75 Å². The Morgan fingerprint density at radius 3 is 2.59 bits per heavy atom. The third-order valence-corrected chi connectivity index (χ3v) is 5.23. The number of benzene rings is 2. The number of hydrogen-bond acceptors (Lipinski definition) is 5. The molecule has 0 fully saturated rings. The zero-order valence-corrected chi connectivity index (χ0v) is 17.7. The summed E-state index contributed by atoms with van der Waals surface area (Å²) in [6.07, 6.45) is 1.57. The number of methoxy groups -OCH3 is 1. The molecule has 1 amide bonds. The number of hydrogen-bond donors (Lipinski definition) is 1. The lowest BCUT2D eigenvalue weighted by molar-refractivity contribution is -0.136. The lowest BCUT2D eigenvalue weighted by Gasteiger charge is -2.24. The summed E-state index contributed by atoms with van der Waals surface area (Å²) in [5, 5.41) is 6.11. The first-order chi connectivity index (χ1) is 13.7. The van der Waals surface area contributed by atoms with Gasteiger partial charge in [-0.15, -0.1) is 0 Å². The van der Waals surface area contributed by atoms with Crippen LogP contribution in [0.4, 0.5) is 5.69 Å². The molecule has 0 aliphatic carbocycles. The zero-order chi connectivity index (χ0) is 21.2. The predicted molar refractivity (Wildman–Crippen MR) is 113 cm³/mol. The molecule has 0 saturated heterocycles. The van der Waals surface area contributed by atoms with Crippen LogP contribution in [0.3, 0.4) is 0 Å². The molecule has 0 bridgehead atoms. The minimum absolute atomic E-state index is 0.0960. The van der Waals surface area contributed by atoms with Gasteiger partial charge in [0.1, 0.15) is 5.75 Å². The number of sulfonamides is 1. The number of nitrogens with zero attached hydrogens (tertiary/aromatic N) is 2. The topological polar surface area (TPSA) is 88.1 Å². The van der Waals surface area contributed by atoms with Crippen LogP contribution in [-0.2, 0) is 14.8 Å². The number of carbonyl (C=O) groups is 1. The first kappa shape index (κ1) is 20.9. The van der Waals surface area contributed by atoms with Crippen LogP contribution in [0.25, 0.3) is 0 Å². The number of carbonyl (C=O) groups excluding carboxylic acids is 1. The number of hydrazone groups is 1. The molecule has 2 aromatic carbocycles. The smallest absolute Gasteiger partial charge is 0.245 e. The van der Waals surface area contributed by atoms with Crippen LogP contribution in [0, 0.1) is 5.92 Å². The van der Waals surface area contributed by atoms with Gasteiger partial charge >= 0.3 is 0 Å². The SMILES string of the molecule is COc1cccc(C2CC(c3ccccc3NS(C)(=O)=O)=NN2C(=O)C(C)C)c1. The highest BCUT2D eigenvalue weighted by molar-refractivity contribution is 7.92. The summed E-state index contributed by atoms with van der Waals surface area (Å²) in [6.45, 7) is 3.66. The van der Waals surface area contributed by atoms with Gasteiger partial charge in [0.2, 0.25) is 15.9 Å². The Morgan fingerprint density at radius 2 is 1.93 bits per heavy atom. The standard InChI is InChI=1S/C21H25N3O4S/c1-14(2)21(25)24-20(15-8-7-9-16(12-15)28-3)13-19(22-24)17-10-5-6-11-18(17)23-29(4,26)27/h5-12,14,20,23H,13H2,1-4H3. The van der Waals surface area contributed by atoms with E-state index >= 15 is 0 Å². The van der Waals surface area contributed by atoms with Crippen LogP contribution in [0.1, 0.15) is 37.4 Å². The lowest BCUT2D eigenvalue weighted by Crippen LogP contribution is -2.30. The molecule has 154 valence electrons. The fourth-order valence-electron chi connectivity index (χ4n) is 3.27. The molecule has 29 heavy (non-hydrogen) atoms. The third kappa shape index (κ3) is 4.76. The highest BCUT2D eigenvalue weighted by atomic mass is 32.2. The maximum atomic E-state index is 12.8. The molecule has 2 aromatic rings. The van der Waals surface area contributed by atoms with Gasteiger partial charge in [-0.2, -0.15) is 5.10 Å². The molecule has 1 heterocycles. The monoisotopic (exact) mass is 415 g/mol. The molecule has 0 aromatic heterocycles. The quantitative estimate of drug-likeness (QED) is 0.783. The number of nitrogens with one attached hydrogen (secondary N) is 1. The molecule has 1 aliphatic heterocycles. The average Bonchev–Trinajstić information content (AvgIpc) is 3.11. The first-order valence-corrected chi connectivity index (χ1v) is 11.2. The molecule has 1 N–H and O–H groups in total. The zero-order valence-electron chi connectivity index (χ0n) is 16.9. The maximum Gasteiger partial charge on any atom is 0.245 e. The van der Waals surface area contributed by atoms with Crippen molar-refractivity contribution in [1.29, 1.82) is 0 Å². The number of ether oxygens (including phenoxy) is 1. The molecular weight excluding hydrogens is 390 g/mol. The molecule has 8 heteroatoms. The number of para-hydroxylation sites is 1. The minimum atomic E-state index is -3.45. The first-order valence-electron chi connectivity index (χ1n) is 9.31. The van der Waals surface area contributed by atoms with Gasteiger partial charge in [-0.3, -0.25) is 9.52 Å². The molecular formula is C21H25N3O4S. The van der Waals surface area contributed by atoms with Gasteiger partial charge in [0.25, 0.3) is 0 Å². The summed E-state index contributed by atoms with van der Waals surface area (Å²) < 4.78 is 31.4. The van der Waals surface area contributed by atoms with Crippen molar-refractivity contribution in [1.82, 2.24) is 5.01 Å². The molecule has 1 aliphatic rings. The fraction of sp³-hybridized carbons (Fsp3) is 0.333. The largest absolute Gasteiger partial charge is 0.497 e. The summed E-state index contributed by atoms with van der Waals surface area (Å²) in [5.41, 5.74) is 2.66. The van der Waals surface area contributed by atoms with Crippen molar-refractivity contribution in [3.05, 3.63) is 59.7 Å². The summed E-state index contributed by atoms with van der Waals surface area (Å²) in [7, 11) is -1.85. The molecule has 1 unspecified atom stereocenters. The summed E-state index contributed by atoms with van der Waals surface area (Å²) in [4.78, 5) is 12.8. The van der Waals surface area contributed by atoms with Gasteiger partial charge in [-0.05, 0) is 23.8 Å².